The van der Waals surface area contributed by atoms with Gasteiger partial charge in [-0.15, -0.1) is 0 Å². The summed E-state index contributed by atoms with van der Waals surface area (Å²) in [5.41, 5.74) is 8.06. The van der Waals surface area contributed by atoms with Gasteiger partial charge in [0.1, 0.15) is 11.7 Å². The predicted octanol–water partition coefficient (Wildman–Crippen LogP) is 0.800. The van der Waals surface area contributed by atoms with Gasteiger partial charge >= 0.3 is 0 Å². The van der Waals surface area contributed by atoms with Crippen LogP contribution in [0.5, 0.6) is 5.88 Å². The Morgan fingerprint density at radius 2 is 2.32 bits per heavy atom. The molecule has 1 amide bonds. The maximum Gasteiger partial charge on any atom is 0.254 e. The van der Waals surface area contributed by atoms with Gasteiger partial charge in [-0.05, 0) is 50.3 Å². The van der Waals surface area contributed by atoms with Crippen molar-refractivity contribution >= 4 is 5.91 Å². The number of primary amides is 1. The van der Waals surface area contributed by atoms with Gasteiger partial charge in [0, 0.05) is 12.2 Å². The van der Waals surface area contributed by atoms with Gasteiger partial charge in [-0.2, -0.15) is 0 Å². The molecule has 0 aromatic carbocycles. The van der Waals surface area contributed by atoms with Gasteiger partial charge in [-0.25, -0.2) is 4.98 Å². The van der Waals surface area contributed by atoms with E-state index in [9.17, 15) is 4.79 Å². The summed E-state index contributed by atoms with van der Waals surface area (Å²) in [7, 11) is 0. The molecule has 0 unspecified atom stereocenters. The summed E-state index contributed by atoms with van der Waals surface area (Å²) >= 11 is 0. The topological polar surface area (TPSA) is 77.2 Å². The summed E-state index contributed by atoms with van der Waals surface area (Å²) in [5, 5.41) is 3.29. The molecule has 1 aromatic rings. The van der Waals surface area contributed by atoms with Gasteiger partial charge in [0.15, 0.2) is 0 Å². The molecule has 102 valence electrons. The first-order valence-electron chi connectivity index (χ1n) is 6.94. The molecule has 2 heterocycles. The van der Waals surface area contributed by atoms with E-state index in [1.165, 1.54) is 0 Å². The summed E-state index contributed by atoms with van der Waals surface area (Å²) in [6.45, 7) is 1.83. The van der Waals surface area contributed by atoms with Crippen molar-refractivity contribution in [1.29, 1.82) is 0 Å². The molecule has 0 saturated carbocycles. The molecule has 3 rings (SSSR count). The normalized spacial score (nSPS) is 22.0. The lowest BCUT2D eigenvalue weighted by molar-refractivity contribution is 0.0987. The van der Waals surface area contributed by atoms with E-state index in [0.29, 0.717) is 11.4 Å². The number of hydrogen-bond acceptors (Lipinski definition) is 4. The van der Waals surface area contributed by atoms with E-state index in [4.69, 9.17) is 10.5 Å². The molecule has 1 saturated heterocycles. The van der Waals surface area contributed by atoms with E-state index in [1.54, 1.807) is 0 Å². The maximum absolute atomic E-state index is 11.5. The molecular formula is C14H19N3O2. The average Bonchev–Trinajstić information content (AvgIpc) is 2.86. The molecule has 3 N–H and O–H groups in total. The fourth-order valence-electron chi connectivity index (χ4n) is 2.80. The summed E-state index contributed by atoms with van der Waals surface area (Å²) in [6.07, 6.45) is 5.20. The molecule has 1 fully saturated rings. The third-order valence-corrected chi connectivity index (χ3v) is 3.81. The van der Waals surface area contributed by atoms with Crippen LogP contribution >= 0.6 is 0 Å². The number of pyridine rings is 1. The third kappa shape index (κ3) is 2.56. The Hall–Kier alpha value is -1.62. The monoisotopic (exact) mass is 261 g/mol. The number of piperidine rings is 1. The van der Waals surface area contributed by atoms with Crippen LogP contribution < -0.4 is 15.8 Å². The van der Waals surface area contributed by atoms with E-state index >= 15 is 0 Å². The zero-order chi connectivity index (χ0) is 13.2. The van der Waals surface area contributed by atoms with Gasteiger partial charge in [0.2, 0.25) is 5.88 Å². The summed E-state index contributed by atoms with van der Waals surface area (Å²) < 4.78 is 5.90. The van der Waals surface area contributed by atoms with Crippen molar-refractivity contribution in [2.75, 3.05) is 13.1 Å². The first kappa shape index (κ1) is 12.4. The van der Waals surface area contributed by atoms with Gasteiger partial charge in [-0.1, -0.05) is 0 Å². The smallest absolute Gasteiger partial charge is 0.254 e. The van der Waals surface area contributed by atoms with Crippen LogP contribution in [0.25, 0.3) is 0 Å². The number of ether oxygens (including phenoxy) is 1. The largest absolute Gasteiger partial charge is 0.472 e. The SMILES string of the molecule is NC(=O)c1cc2c(nc1O[C@H]1CCCNC1)CCC2. The van der Waals surface area contributed by atoms with Gasteiger partial charge in [-0.3, -0.25) is 4.79 Å². The number of fused-ring (bicyclic) bond motifs is 1. The van der Waals surface area contributed by atoms with Crippen LogP contribution in [0.2, 0.25) is 0 Å². The molecule has 0 bridgehead atoms. The van der Waals surface area contributed by atoms with Crippen molar-refractivity contribution in [1.82, 2.24) is 10.3 Å². The Morgan fingerprint density at radius 1 is 1.42 bits per heavy atom. The van der Waals surface area contributed by atoms with Crippen molar-refractivity contribution in [2.45, 2.75) is 38.2 Å². The van der Waals surface area contributed by atoms with Gasteiger partial charge < -0.3 is 15.8 Å². The van der Waals surface area contributed by atoms with Crippen LogP contribution in [0.1, 0.15) is 40.9 Å². The lowest BCUT2D eigenvalue weighted by Crippen LogP contribution is -2.37. The maximum atomic E-state index is 11.5. The predicted molar refractivity (Wildman–Crippen MR) is 71.3 cm³/mol. The Bertz CT molecular complexity index is 496. The number of aromatic nitrogens is 1. The van der Waals surface area contributed by atoms with Crippen molar-refractivity contribution < 1.29 is 9.53 Å². The van der Waals surface area contributed by atoms with Crippen LogP contribution in [0, 0.1) is 0 Å². The zero-order valence-electron chi connectivity index (χ0n) is 10.9. The molecule has 1 atom stereocenters. The highest BCUT2D eigenvalue weighted by Crippen LogP contribution is 2.27. The second-order valence-corrected chi connectivity index (χ2v) is 5.25. The molecule has 5 heteroatoms. The second kappa shape index (κ2) is 5.17. The molecule has 1 aliphatic carbocycles. The van der Waals surface area contributed by atoms with Crippen molar-refractivity contribution in [3.05, 3.63) is 22.9 Å². The number of carbonyl (C=O) groups excluding carboxylic acids is 1. The molecule has 0 spiro atoms. The van der Waals surface area contributed by atoms with E-state index in [1.807, 2.05) is 6.07 Å². The molecule has 0 radical (unpaired) electrons. The van der Waals surface area contributed by atoms with Gasteiger partial charge in [0.25, 0.3) is 5.91 Å². The quantitative estimate of drug-likeness (QED) is 0.843. The highest BCUT2D eigenvalue weighted by atomic mass is 16.5. The lowest BCUT2D eigenvalue weighted by Gasteiger charge is -2.24. The number of nitrogens with two attached hydrogens (primary N) is 1. The molecule has 2 aliphatic rings. The molecular weight excluding hydrogens is 242 g/mol. The van der Waals surface area contributed by atoms with Crippen LogP contribution in [0.4, 0.5) is 0 Å². The highest BCUT2D eigenvalue weighted by Gasteiger charge is 2.23. The Balaban J connectivity index is 1.87. The molecule has 19 heavy (non-hydrogen) atoms. The Labute approximate surface area is 112 Å². The van der Waals surface area contributed by atoms with Gasteiger partial charge in [0.05, 0.1) is 0 Å². The Morgan fingerprint density at radius 3 is 3.05 bits per heavy atom. The Kier molecular flexibility index (Phi) is 3.38. The first-order chi connectivity index (χ1) is 9.24. The highest BCUT2D eigenvalue weighted by molar-refractivity contribution is 5.95. The minimum Gasteiger partial charge on any atom is -0.472 e. The fourth-order valence-corrected chi connectivity index (χ4v) is 2.80. The second-order valence-electron chi connectivity index (χ2n) is 5.25. The number of hydrogen-bond donors (Lipinski definition) is 2. The number of amides is 1. The summed E-state index contributed by atoms with van der Waals surface area (Å²) in [4.78, 5) is 16.1. The van der Waals surface area contributed by atoms with Crippen molar-refractivity contribution in [3.8, 4) is 5.88 Å². The number of aryl methyl sites for hydroxylation is 2. The number of rotatable bonds is 3. The first-order valence-corrected chi connectivity index (χ1v) is 6.94. The minimum absolute atomic E-state index is 0.0822. The standard InChI is InChI=1S/C14H19N3O2/c15-13(18)11-7-9-3-1-5-12(9)17-14(11)19-10-4-2-6-16-8-10/h7,10,16H,1-6,8H2,(H2,15,18)/t10-/m0/s1. The van der Waals surface area contributed by atoms with E-state index < -0.39 is 5.91 Å². The van der Waals surface area contributed by atoms with E-state index in [2.05, 4.69) is 10.3 Å². The van der Waals surface area contributed by atoms with Crippen LogP contribution in [-0.4, -0.2) is 30.1 Å². The molecule has 1 aliphatic heterocycles. The third-order valence-electron chi connectivity index (χ3n) is 3.81. The van der Waals surface area contributed by atoms with Crippen molar-refractivity contribution in [3.63, 3.8) is 0 Å². The number of carbonyl (C=O) groups is 1. The van der Waals surface area contributed by atoms with Crippen LogP contribution in [-0.2, 0) is 12.8 Å². The molecule has 5 nitrogen and oxygen atoms in total. The van der Waals surface area contributed by atoms with E-state index in [0.717, 1.165) is 56.5 Å². The minimum atomic E-state index is -0.457. The number of nitrogens with one attached hydrogen (secondary N) is 1. The number of nitrogens with zero attached hydrogens (tertiary/aromatic N) is 1. The lowest BCUT2D eigenvalue weighted by atomic mass is 10.1. The molecule has 1 aromatic heterocycles. The zero-order valence-corrected chi connectivity index (χ0v) is 10.9. The van der Waals surface area contributed by atoms with Crippen LogP contribution in [0.15, 0.2) is 6.07 Å². The summed E-state index contributed by atoms with van der Waals surface area (Å²) in [6, 6.07) is 1.86. The van der Waals surface area contributed by atoms with Crippen LogP contribution in [0.3, 0.4) is 0 Å². The van der Waals surface area contributed by atoms with E-state index in [-0.39, 0.29) is 6.10 Å². The summed E-state index contributed by atoms with van der Waals surface area (Å²) in [5.74, 6) is -0.0391. The fraction of sp³-hybridized carbons (Fsp3) is 0.571. The average molecular weight is 261 g/mol. The van der Waals surface area contributed by atoms with Crippen molar-refractivity contribution in [2.24, 2.45) is 5.73 Å².